The molecule has 1 aliphatic heterocycles. The van der Waals surface area contributed by atoms with Crippen molar-refractivity contribution in [3.63, 3.8) is 0 Å². The summed E-state index contributed by atoms with van der Waals surface area (Å²) in [6, 6.07) is 14.0. The lowest BCUT2D eigenvalue weighted by Crippen LogP contribution is -2.42. The van der Waals surface area contributed by atoms with Crippen molar-refractivity contribution in [1.82, 2.24) is 4.98 Å². The molecule has 0 bridgehead atoms. The molecule has 0 spiro atoms. The number of halogens is 1. The first-order valence-corrected chi connectivity index (χ1v) is 11.3. The summed E-state index contributed by atoms with van der Waals surface area (Å²) in [6.07, 6.45) is 2.78. The lowest BCUT2D eigenvalue weighted by Gasteiger charge is -2.43. The number of carbonyl (C=O) groups excluding carboxylic acids is 1. The number of nitrogens with zero attached hydrogens (tertiary/aromatic N) is 4. The largest absolute Gasteiger partial charge is 0.384 e. The number of nitrogens with two attached hydrogens (primary N) is 1. The van der Waals surface area contributed by atoms with E-state index in [9.17, 15) is 10.1 Å². The van der Waals surface area contributed by atoms with Crippen LogP contribution < -0.4 is 15.5 Å². The first-order valence-electron chi connectivity index (χ1n) is 10.5. The van der Waals surface area contributed by atoms with E-state index in [1.54, 1.807) is 11.1 Å². The van der Waals surface area contributed by atoms with E-state index in [1.165, 1.54) is 0 Å². The van der Waals surface area contributed by atoms with Gasteiger partial charge in [0.05, 0.1) is 17.6 Å². The van der Waals surface area contributed by atoms with Crippen molar-refractivity contribution in [3.05, 3.63) is 75.3 Å². The second kappa shape index (κ2) is 8.10. The van der Waals surface area contributed by atoms with Crippen LogP contribution in [0.3, 0.4) is 0 Å². The van der Waals surface area contributed by atoms with E-state index in [1.807, 2.05) is 55.4 Å². The summed E-state index contributed by atoms with van der Waals surface area (Å²) >= 11 is 3.42. The van der Waals surface area contributed by atoms with Crippen LogP contribution in [-0.2, 0) is 4.79 Å². The second-order valence-electron chi connectivity index (χ2n) is 9.30. The van der Waals surface area contributed by atoms with Gasteiger partial charge in [-0.1, -0.05) is 26.0 Å². The summed E-state index contributed by atoms with van der Waals surface area (Å²) in [7, 11) is 3.95. The molecule has 2 N–H and O–H groups in total. The Labute approximate surface area is 197 Å². The van der Waals surface area contributed by atoms with Crippen molar-refractivity contribution in [2.24, 2.45) is 11.1 Å². The van der Waals surface area contributed by atoms with E-state index in [4.69, 9.17) is 5.73 Å². The van der Waals surface area contributed by atoms with Gasteiger partial charge in [0.25, 0.3) is 0 Å². The first kappa shape index (κ1) is 22.1. The van der Waals surface area contributed by atoms with E-state index in [0.29, 0.717) is 35.6 Å². The summed E-state index contributed by atoms with van der Waals surface area (Å²) in [6.45, 7) is 4.17. The summed E-state index contributed by atoms with van der Waals surface area (Å²) in [4.78, 5) is 21.8. The maximum absolute atomic E-state index is 13.5. The van der Waals surface area contributed by atoms with Gasteiger partial charge in [0.1, 0.15) is 11.6 Å². The Morgan fingerprint density at radius 1 is 1.19 bits per heavy atom. The lowest BCUT2D eigenvalue weighted by molar-refractivity contribution is -0.118. The number of ketones is 1. The Bertz CT molecular complexity index is 1170. The van der Waals surface area contributed by atoms with Crippen LogP contribution in [0.25, 0.3) is 0 Å². The molecule has 0 amide bonds. The highest BCUT2D eigenvalue weighted by atomic mass is 79.9. The Balaban J connectivity index is 1.95. The van der Waals surface area contributed by atoms with Gasteiger partial charge in [-0.15, -0.1) is 0 Å². The fourth-order valence-electron chi connectivity index (χ4n) is 4.57. The summed E-state index contributed by atoms with van der Waals surface area (Å²) in [5, 5.41) is 10.1. The van der Waals surface area contributed by atoms with Crippen molar-refractivity contribution in [2.45, 2.75) is 32.6 Å². The highest BCUT2D eigenvalue weighted by Crippen LogP contribution is 2.50. The van der Waals surface area contributed by atoms with Crippen LogP contribution in [0.2, 0.25) is 0 Å². The zero-order chi connectivity index (χ0) is 23.2. The van der Waals surface area contributed by atoms with Gasteiger partial charge in [-0.2, -0.15) is 5.26 Å². The number of nitriles is 1. The Kier molecular flexibility index (Phi) is 5.59. The molecule has 1 aromatic heterocycles. The Morgan fingerprint density at radius 3 is 2.44 bits per heavy atom. The molecule has 2 aromatic rings. The fourth-order valence-corrected chi connectivity index (χ4v) is 4.80. The number of anilines is 2. The normalized spacial score (nSPS) is 20.2. The van der Waals surface area contributed by atoms with Gasteiger partial charge in [-0.05, 0) is 57.6 Å². The first-order chi connectivity index (χ1) is 15.1. The SMILES string of the molecule is CN(C)c1ccc([C@@H]2C(C#N)=C(N)N(c3ccc(Br)cn3)C3=C2C(=O)CC(C)(C)C3)cc1. The second-order valence-corrected chi connectivity index (χ2v) is 10.2. The molecule has 0 fully saturated rings. The third-order valence-corrected chi connectivity index (χ3v) is 6.53. The molecule has 6 nitrogen and oxygen atoms in total. The van der Waals surface area contributed by atoms with E-state index >= 15 is 0 Å². The van der Waals surface area contributed by atoms with Gasteiger partial charge in [-0.25, -0.2) is 4.98 Å². The summed E-state index contributed by atoms with van der Waals surface area (Å²) in [5.41, 5.74) is 10.2. The van der Waals surface area contributed by atoms with Crippen molar-refractivity contribution < 1.29 is 4.79 Å². The maximum Gasteiger partial charge on any atom is 0.162 e. The number of aromatic nitrogens is 1. The third-order valence-electron chi connectivity index (χ3n) is 6.06. The molecular weight excluding hydrogens is 466 g/mol. The standard InChI is InChI=1S/C25H26BrN5O/c1-25(2)11-19-23(20(32)12-25)22(15-5-8-17(9-6-15)30(3)4)18(13-27)24(28)31(19)21-10-7-16(26)14-29-21/h5-10,14,22H,11-12,28H2,1-4H3/t22-/m1/s1. The molecule has 0 radical (unpaired) electrons. The molecule has 2 heterocycles. The number of rotatable bonds is 3. The van der Waals surface area contributed by atoms with E-state index in [2.05, 4.69) is 40.8 Å². The molecule has 32 heavy (non-hydrogen) atoms. The number of Topliss-reactive ketones (excluding diaryl/α,β-unsaturated/α-hetero) is 1. The van der Waals surface area contributed by atoms with Crippen LogP contribution >= 0.6 is 15.9 Å². The number of hydrogen-bond acceptors (Lipinski definition) is 6. The predicted molar refractivity (Wildman–Crippen MR) is 130 cm³/mol. The molecule has 0 saturated carbocycles. The fraction of sp³-hybridized carbons (Fsp3) is 0.320. The van der Waals surface area contributed by atoms with E-state index in [0.717, 1.165) is 21.4 Å². The minimum atomic E-state index is -0.485. The van der Waals surface area contributed by atoms with Crippen LogP contribution in [0.5, 0.6) is 0 Å². The summed E-state index contributed by atoms with van der Waals surface area (Å²) < 4.78 is 0.842. The Hall–Kier alpha value is -3.11. The minimum absolute atomic E-state index is 0.0558. The number of hydrogen-bond donors (Lipinski definition) is 1. The van der Waals surface area contributed by atoms with Gasteiger partial charge in [0, 0.05) is 48.1 Å². The minimum Gasteiger partial charge on any atom is -0.384 e. The highest BCUT2D eigenvalue weighted by Gasteiger charge is 2.44. The zero-order valence-corrected chi connectivity index (χ0v) is 20.3. The molecule has 1 atom stereocenters. The average Bonchev–Trinajstić information content (AvgIpc) is 2.73. The van der Waals surface area contributed by atoms with Crippen LogP contribution in [0, 0.1) is 16.7 Å². The molecule has 2 aliphatic rings. The lowest BCUT2D eigenvalue weighted by atomic mass is 9.68. The van der Waals surface area contributed by atoms with Crippen LogP contribution in [-0.4, -0.2) is 24.9 Å². The maximum atomic E-state index is 13.5. The van der Waals surface area contributed by atoms with Gasteiger partial charge in [-0.3, -0.25) is 9.69 Å². The molecule has 0 saturated heterocycles. The smallest absolute Gasteiger partial charge is 0.162 e. The van der Waals surface area contributed by atoms with Crippen LogP contribution in [0.1, 0.15) is 38.2 Å². The van der Waals surface area contributed by atoms with Gasteiger partial charge < -0.3 is 10.6 Å². The van der Waals surface area contributed by atoms with Crippen molar-refractivity contribution in [2.75, 3.05) is 23.9 Å². The number of carbonyl (C=O) groups is 1. The Morgan fingerprint density at radius 2 is 1.88 bits per heavy atom. The zero-order valence-electron chi connectivity index (χ0n) is 18.7. The van der Waals surface area contributed by atoms with E-state index < -0.39 is 5.92 Å². The highest BCUT2D eigenvalue weighted by molar-refractivity contribution is 9.10. The topological polar surface area (TPSA) is 86.2 Å². The van der Waals surface area contributed by atoms with Gasteiger partial charge in [0.15, 0.2) is 5.78 Å². The average molecular weight is 492 g/mol. The quantitative estimate of drug-likeness (QED) is 0.659. The predicted octanol–water partition coefficient (Wildman–Crippen LogP) is 4.85. The van der Waals surface area contributed by atoms with E-state index in [-0.39, 0.29) is 11.2 Å². The van der Waals surface area contributed by atoms with Crippen LogP contribution in [0.4, 0.5) is 11.5 Å². The molecule has 1 aliphatic carbocycles. The third kappa shape index (κ3) is 3.80. The molecule has 164 valence electrons. The van der Waals surface area contributed by atoms with Crippen molar-refractivity contribution >= 4 is 33.2 Å². The van der Waals surface area contributed by atoms with Gasteiger partial charge in [0.2, 0.25) is 0 Å². The van der Waals surface area contributed by atoms with Crippen molar-refractivity contribution in [1.29, 1.82) is 5.26 Å². The van der Waals surface area contributed by atoms with Crippen molar-refractivity contribution in [3.8, 4) is 6.07 Å². The molecule has 4 rings (SSSR count). The molecule has 0 unspecified atom stereocenters. The molecule has 1 aromatic carbocycles. The number of pyridine rings is 1. The summed E-state index contributed by atoms with van der Waals surface area (Å²) in [5.74, 6) is 0.493. The number of benzene rings is 1. The molecule has 7 heteroatoms. The molecular formula is C25H26BrN5O. The number of allylic oxidation sites excluding steroid dienone is 3. The monoisotopic (exact) mass is 491 g/mol. The van der Waals surface area contributed by atoms with Crippen LogP contribution in [0.15, 0.2) is 69.7 Å². The van der Waals surface area contributed by atoms with Gasteiger partial charge >= 0.3 is 0 Å².